The van der Waals surface area contributed by atoms with Crippen molar-refractivity contribution in [2.24, 2.45) is 0 Å². The highest BCUT2D eigenvalue weighted by atomic mass is 31.2. The molecule has 606 valence electrons. The van der Waals surface area contributed by atoms with Gasteiger partial charge in [-0.2, -0.15) is 0 Å². The van der Waals surface area contributed by atoms with E-state index in [2.05, 4.69) is 101 Å². The van der Waals surface area contributed by atoms with Crippen LogP contribution in [0.2, 0.25) is 0 Å². The van der Waals surface area contributed by atoms with E-state index < -0.39 is 97.5 Å². The average molecular weight is 1510 g/mol. The van der Waals surface area contributed by atoms with Crippen LogP contribution in [0.25, 0.3) is 0 Å². The van der Waals surface area contributed by atoms with Crippen LogP contribution in [0.4, 0.5) is 0 Å². The lowest BCUT2D eigenvalue weighted by Crippen LogP contribution is -2.30. The van der Waals surface area contributed by atoms with Gasteiger partial charge in [0.25, 0.3) is 0 Å². The molecule has 0 aliphatic rings. The van der Waals surface area contributed by atoms with E-state index >= 15 is 0 Å². The Bertz CT molecular complexity index is 2100. The molecular weight excluding hydrogens is 1350 g/mol. The van der Waals surface area contributed by atoms with Crippen LogP contribution in [0.5, 0.6) is 0 Å². The molecule has 104 heavy (non-hydrogen) atoms. The second-order valence-corrected chi connectivity index (χ2v) is 31.3. The largest absolute Gasteiger partial charge is 0.472 e. The second-order valence-electron chi connectivity index (χ2n) is 28.4. The van der Waals surface area contributed by atoms with Crippen LogP contribution in [0.1, 0.15) is 387 Å². The molecule has 3 N–H and O–H groups in total. The summed E-state index contributed by atoms with van der Waals surface area (Å²) >= 11 is 0. The summed E-state index contributed by atoms with van der Waals surface area (Å²) in [7, 11) is -9.95. The van der Waals surface area contributed by atoms with Gasteiger partial charge in [0.2, 0.25) is 0 Å². The van der Waals surface area contributed by atoms with Gasteiger partial charge in [0.1, 0.15) is 19.3 Å². The number of aliphatic hydroxyl groups is 1. The molecule has 17 nitrogen and oxygen atoms in total. The first-order chi connectivity index (χ1) is 50.7. The van der Waals surface area contributed by atoms with Gasteiger partial charge in [-0.15, -0.1) is 0 Å². The van der Waals surface area contributed by atoms with Gasteiger partial charge in [0, 0.05) is 25.7 Å². The number of phosphoric ester groups is 2. The van der Waals surface area contributed by atoms with Gasteiger partial charge < -0.3 is 33.8 Å². The Morgan fingerprint density at radius 1 is 0.269 bits per heavy atom. The van der Waals surface area contributed by atoms with E-state index in [1.165, 1.54) is 141 Å². The van der Waals surface area contributed by atoms with E-state index in [4.69, 9.17) is 37.0 Å². The van der Waals surface area contributed by atoms with Crippen LogP contribution in [0.15, 0.2) is 72.9 Å². The Morgan fingerprint density at radius 3 is 0.740 bits per heavy atom. The lowest BCUT2D eigenvalue weighted by atomic mass is 10.0. The van der Waals surface area contributed by atoms with Crippen molar-refractivity contribution >= 4 is 39.5 Å². The SMILES string of the molecule is CCCCC/C=C\C/C=C\C/C=C\CCCCCCCCC(=O)OCC(COP(=O)(O)OCC(O)COP(=O)(O)OCC(COC(=O)CCCCCCCC/C=C\C/C=C\C/C=C\CCCCC)OC(=O)CCCCCCCCCCCCCCC)OC(=O)CCCCCCCCCCCCCCC. The molecule has 0 aliphatic carbocycles. The molecule has 0 aromatic heterocycles. The van der Waals surface area contributed by atoms with E-state index in [-0.39, 0.29) is 25.7 Å². The fraction of sp³-hybridized carbons (Fsp3) is 0.812. The third-order valence-corrected chi connectivity index (χ3v) is 20.1. The summed E-state index contributed by atoms with van der Waals surface area (Å²) in [5.74, 6) is -2.16. The summed E-state index contributed by atoms with van der Waals surface area (Å²) in [5, 5.41) is 10.7. The molecule has 0 aliphatic heterocycles. The predicted octanol–water partition coefficient (Wildman–Crippen LogP) is 24.8. The number of rotatable bonds is 80. The zero-order valence-corrected chi connectivity index (χ0v) is 68.2. The molecule has 0 fully saturated rings. The van der Waals surface area contributed by atoms with Crippen molar-refractivity contribution in [2.45, 2.75) is 406 Å². The molecule has 0 heterocycles. The van der Waals surface area contributed by atoms with E-state index in [1.807, 2.05) is 0 Å². The van der Waals surface area contributed by atoms with Crippen LogP contribution in [0, 0.1) is 0 Å². The van der Waals surface area contributed by atoms with Gasteiger partial charge in [-0.1, -0.05) is 332 Å². The highest BCUT2D eigenvalue weighted by molar-refractivity contribution is 7.47. The number of carbonyl (C=O) groups excluding carboxylic acids is 4. The molecule has 0 bridgehead atoms. The Morgan fingerprint density at radius 2 is 0.471 bits per heavy atom. The number of hydrogen-bond acceptors (Lipinski definition) is 15. The van der Waals surface area contributed by atoms with E-state index in [0.717, 1.165) is 167 Å². The minimum atomic E-state index is -4.97. The molecule has 4 atom stereocenters. The Labute approximate surface area is 634 Å². The summed E-state index contributed by atoms with van der Waals surface area (Å²) in [6.07, 6.45) is 80.0. The fourth-order valence-corrected chi connectivity index (χ4v) is 13.3. The first-order valence-electron chi connectivity index (χ1n) is 42.2. The molecule has 0 amide bonds. The van der Waals surface area contributed by atoms with Gasteiger partial charge in [-0.3, -0.25) is 37.3 Å². The second kappa shape index (κ2) is 77.7. The van der Waals surface area contributed by atoms with Crippen molar-refractivity contribution in [1.82, 2.24) is 0 Å². The summed E-state index contributed by atoms with van der Waals surface area (Å²) in [4.78, 5) is 73.1. The Hall–Kier alpha value is -3.50. The monoisotopic (exact) mass is 1510 g/mol. The van der Waals surface area contributed by atoms with Crippen LogP contribution in [0.3, 0.4) is 0 Å². The number of allylic oxidation sites excluding steroid dienone is 12. The molecule has 0 rings (SSSR count). The van der Waals surface area contributed by atoms with Gasteiger partial charge in [0.15, 0.2) is 12.2 Å². The standard InChI is InChI=1S/C85H154O17P2/c1-5-9-13-17-21-25-29-33-35-37-39-41-43-47-49-53-57-61-65-69-82(87)95-75-80(101-84(89)71-67-63-59-55-51-45-31-27-23-19-15-11-7-3)77-99-103(91,92)97-73-79(86)74-98-104(93,94)100-78-81(102-85(90)72-68-64-60-56-52-46-32-28-24-20-16-12-8-4)76-96-83(88)70-66-62-58-54-50-48-44-42-40-38-36-34-30-26-22-18-14-10-6-2/h21-22,25-26,33-36,39-42,79-81,86H,5-20,23-24,27-32,37-38,43-78H2,1-4H3,(H,91,92)(H,93,94)/b25-21-,26-22-,35-33-,36-34-,41-39-,42-40-. The number of unbranched alkanes of at least 4 members (excludes halogenated alkanes) is 42. The van der Waals surface area contributed by atoms with Gasteiger partial charge in [-0.25, -0.2) is 9.13 Å². The third kappa shape index (κ3) is 76.7. The van der Waals surface area contributed by atoms with E-state index in [0.29, 0.717) is 25.7 Å². The Balaban J connectivity index is 5.31. The van der Waals surface area contributed by atoms with Crippen LogP contribution in [-0.4, -0.2) is 96.7 Å². The van der Waals surface area contributed by atoms with E-state index in [9.17, 15) is 43.2 Å². The van der Waals surface area contributed by atoms with Gasteiger partial charge in [-0.05, 0) is 103 Å². The number of carbonyl (C=O) groups is 4. The number of phosphoric acid groups is 2. The first-order valence-corrected chi connectivity index (χ1v) is 45.2. The lowest BCUT2D eigenvalue weighted by Gasteiger charge is -2.21. The quantitative estimate of drug-likeness (QED) is 0.0169. The highest BCUT2D eigenvalue weighted by Crippen LogP contribution is 2.45. The molecule has 4 unspecified atom stereocenters. The minimum Gasteiger partial charge on any atom is -0.462 e. The molecule has 0 radical (unpaired) electrons. The van der Waals surface area contributed by atoms with Gasteiger partial charge in [0.05, 0.1) is 26.4 Å². The molecule has 19 heteroatoms. The molecular formula is C85H154O17P2. The maximum Gasteiger partial charge on any atom is 0.472 e. The van der Waals surface area contributed by atoms with Crippen molar-refractivity contribution in [3.8, 4) is 0 Å². The smallest absolute Gasteiger partial charge is 0.462 e. The number of ether oxygens (including phenoxy) is 4. The van der Waals surface area contributed by atoms with Crippen LogP contribution in [-0.2, 0) is 65.4 Å². The number of esters is 4. The van der Waals surface area contributed by atoms with Crippen molar-refractivity contribution in [3.05, 3.63) is 72.9 Å². The zero-order chi connectivity index (χ0) is 76.0. The molecule has 0 aromatic carbocycles. The topological polar surface area (TPSA) is 237 Å². The Kier molecular flexibility index (Phi) is 75.0. The van der Waals surface area contributed by atoms with Crippen LogP contribution >= 0.6 is 15.6 Å². The molecule has 0 spiro atoms. The molecule has 0 saturated heterocycles. The van der Waals surface area contributed by atoms with Crippen LogP contribution < -0.4 is 0 Å². The minimum absolute atomic E-state index is 0.0977. The summed E-state index contributed by atoms with van der Waals surface area (Å²) in [6.45, 7) is 4.88. The first kappa shape index (κ1) is 100. The molecule has 0 saturated carbocycles. The van der Waals surface area contributed by atoms with Crippen molar-refractivity contribution in [3.63, 3.8) is 0 Å². The van der Waals surface area contributed by atoms with Gasteiger partial charge >= 0.3 is 39.5 Å². The predicted molar refractivity (Wildman–Crippen MR) is 427 cm³/mol. The molecule has 0 aromatic rings. The van der Waals surface area contributed by atoms with Crippen molar-refractivity contribution in [2.75, 3.05) is 39.6 Å². The zero-order valence-electron chi connectivity index (χ0n) is 66.5. The number of aliphatic hydroxyl groups excluding tert-OH is 1. The maximum absolute atomic E-state index is 13.1. The van der Waals surface area contributed by atoms with Crippen molar-refractivity contribution in [1.29, 1.82) is 0 Å². The summed E-state index contributed by atoms with van der Waals surface area (Å²) < 4.78 is 68.7. The highest BCUT2D eigenvalue weighted by Gasteiger charge is 2.30. The lowest BCUT2D eigenvalue weighted by molar-refractivity contribution is -0.161. The van der Waals surface area contributed by atoms with E-state index in [1.54, 1.807) is 0 Å². The normalized spacial score (nSPS) is 14.2. The summed E-state index contributed by atoms with van der Waals surface area (Å²) in [6, 6.07) is 0. The fourth-order valence-electron chi connectivity index (χ4n) is 11.7. The summed E-state index contributed by atoms with van der Waals surface area (Å²) in [5.41, 5.74) is 0. The maximum atomic E-state index is 13.1. The average Bonchev–Trinajstić information content (AvgIpc) is 0.913. The van der Waals surface area contributed by atoms with Crippen molar-refractivity contribution < 1.29 is 80.2 Å². The third-order valence-electron chi connectivity index (χ3n) is 18.2. The number of hydrogen-bond donors (Lipinski definition) is 3.